The zero-order valence-electron chi connectivity index (χ0n) is 14.7. The van der Waals surface area contributed by atoms with Gasteiger partial charge in [0.15, 0.2) is 0 Å². The number of nitrogens with zero attached hydrogens (tertiary/aromatic N) is 2. The summed E-state index contributed by atoms with van der Waals surface area (Å²) in [6, 6.07) is 7.20. The molecule has 5 nitrogen and oxygen atoms in total. The van der Waals surface area contributed by atoms with Gasteiger partial charge in [-0.3, -0.25) is 4.79 Å². The lowest BCUT2D eigenvalue weighted by molar-refractivity contribution is -0.123. The zero-order valence-corrected chi connectivity index (χ0v) is 15.5. The van der Waals surface area contributed by atoms with E-state index in [2.05, 4.69) is 0 Å². The Morgan fingerprint density at radius 1 is 1.17 bits per heavy atom. The van der Waals surface area contributed by atoms with Gasteiger partial charge in [0, 0.05) is 36.8 Å². The van der Waals surface area contributed by atoms with Gasteiger partial charge in [-0.15, -0.1) is 0 Å². The van der Waals surface area contributed by atoms with Crippen LogP contribution in [0, 0.1) is 5.92 Å². The highest BCUT2D eigenvalue weighted by atomic mass is 35.5. The Hall–Kier alpha value is -1.75. The van der Waals surface area contributed by atoms with Gasteiger partial charge in [-0.25, -0.2) is 4.79 Å². The first-order valence-electron chi connectivity index (χ1n) is 8.18. The molecule has 24 heavy (non-hydrogen) atoms. The van der Waals surface area contributed by atoms with Crippen molar-refractivity contribution in [1.82, 2.24) is 4.90 Å². The van der Waals surface area contributed by atoms with Crippen molar-refractivity contribution in [2.24, 2.45) is 5.92 Å². The van der Waals surface area contributed by atoms with Crippen LogP contribution in [0.5, 0.6) is 0 Å². The number of hydrogen-bond acceptors (Lipinski definition) is 3. The molecule has 0 N–H and O–H groups in total. The minimum absolute atomic E-state index is 0.0705. The second-order valence-electron chi connectivity index (χ2n) is 7.12. The predicted octanol–water partition coefficient (Wildman–Crippen LogP) is 3.95. The molecule has 132 valence electrons. The Balaban J connectivity index is 1.90. The van der Waals surface area contributed by atoms with Crippen molar-refractivity contribution in [3.63, 3.8) is 0 Å². The highest BCUT2D eigenvalue weighted by molar-refractivity contribution is 6.30. The molecule has 0 aliphatic carbocycles. The molecule has 1 aromatic rings. The maximum atomic E-state index is 12.6. The number of likely N-dealkylation sites (tertiary alicyclic amines) is 1. The van der Waals surface area contributed by atoms with Crippen molar-refractivity contribution in [3.05, 3.63) is 29.3 Å². The van der Waals surface area contributed by atoms with Gasteiger partial charge in [-0.05, 0) is 57.9 Å². The van der Waals surface area contributed by atoms with E-state index in [4.69, 9.17) is 16.3 Å². The average molecular weight is 353 g/mol. The van der Waals surface area contributed by atoms with E-state index in [0.29, 0.717) is 31.0 Å². The van der Waals surface area contributed by atoms with E-state index in [9.17, 15) is 9.59 Å². The second kappa shape index (κ2) is 7.43. The summed E-state index contributed by atoms with van der Waals surface area (Å²) in [4.78, 5) is 28.1. The molecule has 2 amide bonds. The molecule has 0 saturated carbocycles. The SMILES string of the molecule is CN(C(=O)C1CCN(C(=O)OC(C)(C)C)CC1)c1ccc(Cl)cc1. The number of hydrogen-bond donors (Lipinski definition) is 0. The van der Waals surface area contributed by atoms with Crippen LogP contribution in [0.2, 0.25) is 5.02 Å². The Kier molecular flexibility index (Phi) is 5.75. The number of rotatable bonds is 2. The molecule has 0 radical (unpaired) electrons. The topological polar surface area (TPSA) is 49.9 Å². The number of halogens is 1. The third-order valence-corrected chi connectivity index (χ3v) is 4.29. The maximum absolute atomic E-state index is 12.6. The molecule has 0 spiro atoms. The van der Waals surface area contributed by atoms with Crippen molar-refractivity contribution in [2.45, 2.75) is 39.2 Å². The maximum Gasteiger partial charge on any atom is 0.410 e. The molecule has 0 atom stereocenters. The first kappa shape index (κ1) is 18.6. The van der Waals surface area contributed by atoms with Gasteiger partial charge in [0.25, 0.3) is 0 Å². The van der Waals surface area contributed by atoms with Crippen LogP contribution in [0.1, 0.15) is 33.6 Å². The molecule has 2 rings (SSSR count). The van der Waals surface area contributed by atoms with Gasteiger partial charge < -0.3 is 14.5 Å². The summed E-state index contributed by atoms with van der Waals surface area (Å²) in [7, 11) is 1.77. The second-order valence-corrected chi connectivity index (χ2v) is 7.55. The van der Waals surface area contributed by atoms with E-state index in [1.165, 1.54) is 0 Å². The van der Waals surface area contributed by atoms with Crippen LogP contribution in [0.3, 0.4) is 0 Å². The van der Waals surface area contributed by atoms with E-state index in [1.807, 2.05) is 32.9 Å². The van der Waals surface area contributed by atoms with E-state index >= 15 is 0 Å². The molecule has 1 aliphatic rings. The molecule has 1 heterocycles. The molecule has 1 aliphatic heterocycles. The zero-order chi connectivity index (χ0) is 17.9. The summed E-state index contributed by atoms with van der Waals surface area (Å²) in [5, 5.41) is 0.644. The number of carbonyl (C=O) groups is 2. The van der Waals surface area contributed by atoms with Crippen molar-refractivity contribution < 1.29 is 14.3 Å². The highest BCUT2D eigenvalue weighted by Gasteiger charge is 2.31. The summed E-state index contributed by atoms with van der Waals surface area (Å²) < 4.78 is 5.38. The largest absolute Gasteiger partial charge is 0.444 e. The van der Waals surface area contributed by atoms with Crippen molar-refractivity contribution in [2.75, 3.05) is 25.0 Å². The van der Waals surface area contributed by atoms with Crippen LogP contribution < -0.4 is 4.90 Å². The number of anilines is 1. The van der Waals surface area contributed by atoms with E-state index in [0.717, 1.165) is 5.69 Å². The van der Waals surface area contributed by atoms with Gasteiger partial charge in [-0.1, -0.05) is 11.6 Å². The Morgan fingerprint density at radius 3 is 2.21 bits per heavy atom. The quantitative estimate of drug-likeness (QED) is 0.809. The Labute approximate surface area is 148 Å². The first-order valence-corrected chi connectivity index (χ1v) is 8.56. The third kappa shape index (κ3) is 4.87. The molecular formula is C18H25ClN2O3. The van der Waals surface area contributed by atoms with E-state index < -0.39 is 5.60 Å². The fraction of sp³-hybridized carbons (Fsp3) is 0.556. The van der Waals surface area contributed by atoms with Gasteiger partial charge >= 0.3 is 6.09 Å². The molecule has 1 aromatic carbocycles. The lowest BCUT2D eigenvalue weighted by Gasteiger charge is -2.34. The minimum Gasteiger partial charge on any atom is -0.444 e. The Bertz CT molecular complexity index is 587. The number of ether oxygens (including phenoxy) is 1. The van der Waals surface area contributed by atoms with Gasteiger partial charge in [0.05, 0.1) is 0 Å². The first-order chi connectivity index (χ1) is 11.2. The Morgan fingerprint density at radius 2 is 1.71 bits per heavy atom. The van der Waals surface area contributed by atoms with Gasteiger partial charge in [0.2, 0.25) is 5.91 Å². The van der Waals surface area contributed by atoms with Crippen LogP contribution in [0.4, 0.5) is 10.5 Å². The van der Waals surface area contributed by atoms with E-state index in [1.54, 1.807) is 29.0 Å². The number of benzene rings is 1. The number of piperidine rings is 1. The average Bonchev–Trinajstić information content (AvgIpc) is 2.53. The predicted molar refractivity (Wildman–Crippen MR) is 95.4 cm³/mol. The van der Waals surface area contributed by atoms with Crippen LogP contribution in [0.15, 0.2) is 24.3 Å². The summed E-state index contributed by atoms with van der Waals surface area (Å²) >= 11 is 5.88. The van der Waals surface area contributed by atoms with Crippen LogP contribution in [-0.4, -0.2) is 42.6 Å². The molecule has 0 unspecified atom stereocenters. The summed E-state index contributed by atoms with van der Waals surface area (Å²) in [6.07, 6.45) is 0.992. The van der Waals surface area contributed by atoms with E-state index in [-0.39, 0.29) is 17.9 Å². The van der Waals surface area contributed by atoms with Gasteiger partial charge in [0.1, 0.15) is 5.60 Å². The van der Waals surface area contributed by atoms with Crippen LogP contribution >= 0.6 is 11.6 Å². The normalized spacial score (nSPS) is 16.0. The standard InChI is InChI=1S/C18H25ClN2O3/c1-18(2,3)24-17(23)21-11-9-13(10-12-21)16(22)20(4)15-7-5-14(19)6-8-15/h5-8,13H,9-12H2,1-4H3. The third-order valence-electron chi connectivity index (χ3n) is 4.04. The van der Waals surface area contributed by atoms with Crippen LogP contribution in [-0.2, 0) is 9.53 Å². The van der Waals surface area contributed by atoms with Crippen molar-refractivity contribution >= 4 is 29.3 Å². The van der Waals surface area contributed by atoms with Gasteiger partial charge in [-0.2, -0.15) is 0 Å². The van der Waals surface area contributed by atoms with Crippen molar-refractivity contribution in [1.29, 1.82) is 0 Å². The lowest BCUT2D eigenvalue weighted by Crippen LogP contribution is -2.45. The van der Waals surface area contributed by atoms with Crippen molar-refractivity contribution in [3.8, 4) is 0 Å². The molecule has 6 heteroatoms. The summed E-state index contributed by atoms with van der Waals surface area (Å²) in [5.41, 5.74) is 0.317. The highest BCUT2D eigenvalue weighted by Crippen LogP contribution is 2.24. The summed E-state index contributed by atoms with van der Waals surface area (Å²) in [6.45, 7) is 6.63. The number of amides is 2. The summed E-state index contributed by atoms with van der Waals surface area (Å²) in [5.74, 6) is -0.00877. The fourth-order valence-electron chi connectivity index (χ4n) is 2.70. The molecule has 0 bridgehead atoms. The number of carbonyl (C=O) groups excluding carboxylic acids is 2. The minimum atomic E-state index is -0.501. The molecular weight excluding hydrogens is 328 g/mol. The van der Waals surface area contributed by atoms with Crippen LogP contribution in [0.25, 0.3) is 0 Å². The molecule has 1 fully saturated rings. The molecule has 1 saturated heterocycles. The smallest absolute Gasteiger partial charge is 0.410 e. The lowest BCUT2D eigenvalue weighted by atomic mass is 9.95. The monoisotopic (exact) mass is 352 g/mol. The fourth-order valence-corrected chi connectivity index (χ4v) is 2.83. The molecule has 0 aromatic heterocycles.